The van der Waals surface area contributed by atoms with Gasteiger partial charge in [-0.15, -0.1) is 6.58 Å². The molecule has 3 aromatic carbocycles. The molecule has 0 amide bonds. The van der Waals surface area contributed by atoms with Crippen LogP contribution in [0.25, 0.3) is 5.57 Å². The van der Waals surface area contributed by atoms with Gasteiger partial charge in [0, 0.05) is 24.2 Å². The van der Waals surface area contributed by atoms with Crippen LogP contribution in [0.15, 0.2) is 157 Å². The maximum atomic E-state index is 16.5. The highest BCUT2D eigenvalue weighted by Crippen LogP contribution is 2.52. The highest BCUT2D eigenvalue weighted by Gasteiger charge is 2.46. The Morgan fingerprint density at radius 1 is 0.878 bits per heavy atom. The summed E-state index contributed by atoms with van der Waals surface area (Å²) in [7, 11) is 0. The van der Waals surface area contributed by atoms with Crippen molar-refractivity contribution in [1.29, 1.82) is 0 Å². The van der Waals surface area contributed by atoms with Gasteiger partial charge in [0.15, 0.2) is 17.5 Å². The second kappa shape index (κ2) is 15.0. The zero-order valence-corrected chi connectivity index (χ0v) is 27.4. The summed E-state index contributed by atoms with van der Waals surface area (Å²) in [5, 5.41) is 0. The van der Waals surface area contributed by atoms with E-state index >= 15 is 8.78 Å². The minimum absolute atomic E-state index is 0.0298. The average Bonchev–Trinajstić information content (AvgIpc) is 3.11. The molecule has 1 aliphatic heterocycles. The molecular weight excluding hydrogens is 632 g/mol. The van der Waals surface area contributed by atoms with Crippen molar-refractivity contribution in [3.63, 3.8) is 0 Å². The fraction of sp³-hybridized carbons (Fsp3) is 0.190. The molecule has 2 unspecified atom stereocenters. The van der Waals surface area contributed by atoms with Gasteiger partial charge in [0.1, 0.15) is 23.2 Å². The molecule has 0 aromatic heterocycles. The molecule has 1 nitrogen and oxygen atoms in total. The van der Waals surface area contributed by atoms with Crippen LogP contribution in [0.1, 0.15) is 43.4 Å². The van der Waals surface area contributed by atoms with Gasteiger partial charge in [-0.2, -0.15) is 0 Å². The first-order valence-electron chi connectivity index (χ1n) is 16.0. The van der Waals surface area contributed by atoms with Gasteiger partial charge in [-0.1, -0.05) is 117 Å². The molecule has 0 bridgehead atoms. The number of allylic oxidation sites excluding steroid dienone is 11. The Labute approximate surface area is 284 Å². The Morgan fingerprint density at radius 2 is 1.51 bits per heavy atom. The zero-order chi connectivity index (χ0) is 35.3. The molecule has 49 heavy (non-hydrogen) atoms. The summed E-state index contributed by atoms with van der Waals surface area (Å²) in [4.78, 5) is 1.51. The summed E-state index contributed by atoms with van der Waals surface area (Å²) in [6, 6.07) is 19.9. The smallest absolute Gasteiger partial charge is 0.195 e. The molecule has 0 radical (unpaired) electrons. The first-order chi connectivity index (χ1) is 23.5. The lowest BCUT2D eigenvalue weighted by molar-refractivity contribution is 0.395. The number of rotatable bonds is 7. The Kier molecular flexibility index (Phi) is 10.8. The van der Waals surface area contributed by atoms with Gasteiger partial charge >= 0.3 is 0 Å². The number of nitrogens with zero attached hydrogens (tertiary/aromatic N) is 1. The molecule has 1 aliphatic carbocycles. The molecule has 5 rings (SSSR count). The highest BCUT2D eigenvalue weighted by molar-refractivity contribution is 5.74. The number of hydrogen-bond acceptors (Lipinski definition) is 1. The van der Waals surface area contributed by atoms with E-state index in [0.29, 0.717) is 24.6 Å². The van der Waals surface area contributed by atoms with Gasteiger partial charge in [0.25, 0.3) is 0 Å². The van der Waals surface area contributed by atoms with Gasteiger partial charge in [-0.25, -0.2) is 26.3 Å². The number of halogens is 6. The Balaban J connectivity index is 1.78. The van der Waals surface area contributed by atoms with Crippen molar-refractivity contribution in [2.45, 2.75) is 32.1 Å². The molecule has 0 saturated carbocycles. The molecule has 2 aliphatic rings. The summed E-state index contributed by atoms with van der Waals surface area (Å²) in [5.74, 6) is -9.39. The van der Waals surface area contributed by atoms with Gasteiger partial charge in [-0.05, 0) is 54.0 Å². The van der Waals surface area contributed by atoms with E-state index in [2.05, 4.69) is 32.2 Å². The minimum atomic E-state index is -1.93. The summed E-state index contributed by atoms with van der Waals surface area (Å²) in [5.41, 5.74) is 0.0791. The Morgan fingerprint density at radius 3 is 2.10 bits per heavy atom. The second-order valence-corrected chi connectivity index (χ2v) is 12.2. The van der Waals surface area contributed by atoms with Crippen LogP contribution in [0.3, 0.4) is 0 Å². The van der Waals surface area contributed by atoms with Crippen molar-refractivity contribution in [2.75, 3.05) is 6.54 Å². The third kappa shape index (κ3) is 6.80. The fourth-order valence-electron chi connectivity index (χ4n) is 6.80. The van der Waals surface area contributed by atoms with Crippen molar-refractivity contribution in [2.24, 2.45) is 11.8 Å². The van der Waals surface area contributed by atoms with E-state index < -0.39 is 57.2 Å². The van der Waals surface area contributed by atoms with Gasteiger partial charge in [0.2, 0.25) is 0 Å². The van der Waals surface area contributed by atoms with E-state index in [1.807, 2.05) is 85.0 Å². The predicted octanol–water partition coefficient (Wildman–Crippen LogP) is 11.8. The minimum Gasteiger partial charge on any atom is -0.333 e. The lowest BCUT2D eigenvalue weighted by atomic mass is 9.59. The molecule has 0 N–H and O–H groups in total. The summed E-state index contributed by atoms with van der Waals surface area (Å²) in [6.45, 7) is 11.0. The van der Waals surface area contributed by atoms with Gasteiger partial charge in [0.05, 0.1) is 11.0 Å². The topological polar surface area (TPSA) is 3.24 Å². The Bertz CT molecular complexity index is 1870. The SMILES string of the molecule is C=CC1/C=C\CC=CCN(C(=C(/C)F)/C(F)=C\C(=C)c2c(F)cc(F)c(F)c2F)C2=CCC(C)C=C2C1(c1ccccc1)c1ccccc1. The molecular formula is C42H37F6N. The van der Waals surface area contributed by atoms with E-state index in [4.69, 9.17) is 0 Å². The van der Waals surface area contributed by atoms with E-state index in [1.54, 1.807) is 6.08 Å². The van der Waals surface area contributed by atoms with E-state index in [1.165, 1.54) is 4.90 Å². The second-order valence-electron chi connectivity index (χ2n) is 12.2. The largest absolute Gasteiger partial charge is 0.333 e. The van der Waals surface area contributed by atoms with Crippen LogP contribution in [-0.4, -0.2) is 11.4 Å². The lowest BCUT2D eigenvalue weighted by Gasteiger charge is -2.46. The van der Waals surface area contributed by atoms with Crippen LogP contribution in [0, 0.1) is 35.1 Å². The standard InChI is InChI=1S/C42H37F6N/c1-5-30-16-10-6-7-15-23-49(41(29(4)43)36(46)25-28(3)38-34(44)26-35(45)39(47)40(38)48)37-22-21-27(2)24-33(37)42(30,31-17-11-8-12-18-31)32-19-13-9-14-20-32/h5,7-20,22,24-27,30H,1,3,6,21,23H2,2,4H3/b15-7?,16-10-,36-25+,41-29-. The number of fused-ring (bicyclic) bond motifs is 1. The summed E-state index contributed by atoms with van der Waals surface area (Å²) in [6.07, 6.45) is 15.5. The maximum absolute atomic E-state index is 16.5. The number of hydrogen-bond donors (Lipinski definition) is 0. The Hall–Kier alpha value is -5.04. The monoisotopic (exact) mass is 669 g/mol. The molecule has 0 fully saturated rings. The zero-order valence-electron chi connectivity index (χ0n) is 27.4. The third-order valence-corrected chi connectivity index (χ3v) is 8.97. The van der Waals surface area contributed by atoms with Crippen molar-refractivity contribution in [3.8, 4) is 0 Å². The quantitative estimate of drug-likeness (QED) is 0.0796. The maximum Gasteiger partial charge on any atom is 0.195 e. The van der Waals surface area contributed by atoms with Crippen molar-refractivity contribution >= 4 is 5.57 Å². The third-order valence-electron chi connectivity index (χ3n) is 8.97. The molecule has 1 heterocycles. The first-order valence-corrected chi connectivity index (χ1v) is 16.0. The predicted molar refractivity (Wildman–Crippen MR) is 185 cm³/mol. The first kappa shape index (κ1) is 35.3. The number of benzene rings is 3. The van der Waals surface area contributed by atoms with Gasteiger partial charge in [-0.3, -0.25) is 0 Å². The van der Waals surface area contributed by atoms with Crippen molar-refractivity contribution in [3.05, 3.63) is 197 Å². The lowest BCUT2D eigenvalue weighted by Crippen LogP contribution is -2.42. The normalized spacial score (nSPS) is 20.7. The van der Waals surface area contributed by atoms with E-state index in [9.17, 15) is 17.6 Å². The van der Waals surface area contributed by atoms with Crippen LogP contribution >= 0.6 is 0 Å². The van der Waals surface area contributed by atoms with E-state index in [0.717, 1.165) is 23.6 Å². The van der Waals surface area contributed by atoms with Crippen LogP contribution in [0.2, 0.25) is 0 Å². The average molecular weight is 670 g/mol. The van der Waals surface area contributed by atoms with Crippen LogP contribution in [0.5, 0.6) is 0 Å². The van der Waals surface area contributed by atoms with Crippen molar-refractivity contribution < 1.29 is 26.3 Å². The van der Waals surface area contributed by atoms with Crippen LogP contribution in [0.4, 0.5) is 26.3 Å². The van der Waals surface area contributed by atoms with E-state index in [-0.39, 0.29) is 24.4 Å². The molecule has 3 aromatic rings. The molecule has 7 heteroatoms. The molecule has 2 atom stereocenters. The van der Waals surface area contributed by atoms with Crippen LogP contribution in [-0.2, 0) is 5.41 Å². The summed E-state index contributed by atoms with van der Waals surface area (Å²) >= 11 is 0. The summed E-state index contributed by atoms with van der Waals surface area (Å²) < 4.78 is 89.5. The highest BCUT2D eigenvalue weighted by atomic mass is 19.2. The van der Waals surface area contributed by atoms with Gasteiger partial charge < -0.3 is 4.90 Å². The fourth-order valence-corrected chi connectivity index (χ4v) is 6.80. The van der Waals surface area contributed by atoms with Crippen molar-refractivity contribution in [1.82, 2.24) is 4.90 Å². The molecule has 0 saturated heterocycles. The van der Waals surface area contributed by atoms with Crippen LogP contribution < -0.4 is 0 Å². The molecule has 0 spiro atoms. The molecule has 252 valence electrons.